The van der Waals surface area contributed by atoms with Gasteiger partial charge in [-0.1, -0.05) is 33.8 Å². The third-order valence-corrected chi connectivity index (χ3v) is 6.40. The Balaban J connectivity index is 0.00000225. The molecule has 0 atom stereocenters. The summed E-state index contributed by atoms with van der Waals surface area (Å²) in [5.74, 6) is 0.831. The number of nitrogens with zero attached hydrogens (tertiary/aromatic N) is 2. The first-order chi connectivity index (χ1) is 12.7. The fourth-order valence-corrected chi connectivity index (χ4v) is 5.44. The second-order valence-electron chi connectivity index (χ2n) is 10.6. The van der Waals surface area contributed by atoms with E-state index >= 15 is 0 Å². The molecule has 0 radical (unpaired) electrons. The van der Waals surface area contributed by atoms with Gasteiger partial charge in [-0.15, -0.1) is 12.4 Å². The Morgan fingerprint density at radius 2 is 1.71 bits per heavy atom. The summed E-state index contributed by atoms with van der Waals surface area (Å²) in [6.07, 6.45) is 7.44. The normalized spacial score (nSPS) is 24.5. The molecule has 2 nitrogen and oxygen atoms in total. The minimum atomic E-state index is -0.122. The average Bonchev–Trinajstić information content (AvgIpc) is 3.37. The molecule has 1 saturated heterocycles. The summed E-state index contributed by atoms with van der Waals surface area (Å²) in [7, 11) is 0. The van der Waals surface area contributed by atoms with Gasteiger partial charge < -0.3 is 4.90 Å². The van der Waals surface area contributed by atoms with Crippen LogP contribution in [0.1, 0.15) is 58.9 Å². The van der Waals surface area contributed by atoms with Gasteiger partial charge in [-0.2, -0.15) is 0 Å². The van der Waals surface area contributed by atoms with E-state index in [0.717, 1.165) is 44.1 Å². The van der Waals surface area contributed by atoms with Gasteiger partial charge in [0.15, 0.2) is 0 Å². The number of anilines is 1. The lowest BCUT2D eigenvalue weighted by Gasteiger charge is -2.41. The molecular formula is C24H36ClFN2. The Hall–Kier alpha value is -1.06. The van der Waals surface area contributed by atoms with E-state index in [1.807, 2.05) is 6.07 Å². The van der Waals surface area contributed by atoms with Crippen molar-refractivity contribution in [3.8, 4) is 0 Å². The van der Waals surface area contributed by atoms with E-state index in [0.29, 0.717) is 0 Å². The van der Waals surface area contributed by atoms with Crippen molar-refractivity contribution < 1.29 is 4.39 Å². The molecule has 2 fully saturated rings. The van der Waals surface area contributed by atoms with Crippen molar-refractivity contribution in [3.05, 3.63) is 35.7 Å². The highest BCUT2D eigenvalue weighted by Crippen LogP contribution is 2.48. The van der Waals surface area contributed by atoms with Crippen LogP contribution >= 0.6 is 12.4 Å². The molecule has 1 aromatic carbocycles. The van der Waals surface area contributed by atoms with Gasteiger partial charge in [0.25, 0.3) is 0 Å². The standard InChI is InChI=1S/C24H35FN2.ClH/c1-23(2)14-19(15-24(3,4)17-23)21-13-20(25)7-8-22(21)27-11-9-26(10-12-27)16-18-5-6-18;/h7-8,13-14,18H,5-6,9-12,15-17H2,1-4H3;1H. The van der Waals surface area contributed by atoms with E-state index < -0.39 is 0 Å². The molecular weight excluding hydrogens is 371 g/mol. The van der Waals surface area contributed by atoms with Crippen molar-refractivity contribution in [1.29, 1.82) is 0 Å². The fraction of sp³-hybridized carbons (Fsp3) is 0.667. The lowest BCUT2D eigenvalue weighted by Crippen LogP contribution is -2.47. The van der Waals surface area contributed by atoms with Crippen LogP contribution in [0.5, 0.6) is 0 Å². The predicted molar refractivity (Wildman–Crippen MR) is 120 cm³/mol. The maximum atomic E-state index is 14.2. The second-order valence-corrected chi connectivity index (χ2v) is 10.6. The van der Waals surface area contributed by atoms with Gasteiger partial charge in [-0.3, -0.25) is 4.90 Å². The van der Waals surface area contributed by atoms with Crippen LogP contribution in [0.3, 0.4) is 0 Å². The van der Waals surface area contributed by atoms with Crippen molar-refractivity contribution in [1.82, 2.24) is 4.90 Å². The quantitative estimate of drug-likeness (QED) is 0.604. The monoisotopic (exact) mass is 406 g/mol. The van der Waals surface area contributed by atoms with Gasteiger partial charge in [-0.05, 0) is 66.2 Å². The van der Waals surface area contributed by atoms with Crippen molar-refractivity contribution in [3.63, 3.8) is 0 Å². The van der Waals surface area contributed by atoms with Crippen LogP contribution in [0.15, 0.2) is 24.3 Å². The molecule has 2 aliphatic carbocycles. The molecule has 156 valence electrons. The van der Waals surface area contributed by atoms with E-state index in [1.165, 1.54) is 37.1 Å². The third kappa shape index (κ3) is 5.10. The Morgan fingerprint density at radius 3 is 2.32 bits per heavy atom. The fourth-order valence-electron chi connectivity index (χ4n) is 5.44. The molecule has 0 unspecified atom stereocenters. The van der Waals surface area contributed by atoms with Crippen molar-refractivity contribution >= 4 is 23.7 Å². The van der Waals surface area contributed by atoms with Gasteiger partial charge >= 0.3 is 0 Å². The van der Waals surface area contributed by atoms with Crippen LogP contribution in [0.4, 0.5) is 10.1 Å². The number of rotatable bonds is 4. The summed E-state index contributed by atoms with van der Waals surface area (Å²) in [6, 6.07) is 5.42. The largest absolute Gasteiger partial charge is 0.368 e. The zero-order valence-electron chi connectivity index (χ0n) is 17.9. The Morgan fingerprint density at radius 1 is 1.04 bits per heavy atom. The minimum absolute atomic E-state index is 0. The van der Waals surface area contributed by atoms with E-state index in [1.54, 1.807) is 12.1 Å². The molecule has 28 heavy (non-hydrogen) atoms. The lowest BCUT2D eigenvalue weighted by atomic mass is 9.65. The summed E-state index contributed by atoms with van der Waals surface area (Å²) in [5.41, 5.74) is 4.07. The number of piperazine rings is 1. The number of halogens is 2. The smallest absolute Gasteiger partial charge is 0.123 e. The maximum Gasteiger partial charge on any atom is 0.123 e. The number of benzene rings is 1. The SMILES string of the molecule is CC1(C)C=C(c2cc(F)ccc2N2CCN(CC3CC3)CC2)CC(C)(C)C1.Cl. The highest BCUT2D eigenvalue weighted by Gasteiger charge is 2.35. The van der Waals surface area contributed by atoms with Crippen molar-refractivity contribution in [2.24, 2.45) is 16.7 Å². The summed E-state index contributed by atoms with van der Waals surface area (Å²) < 4.78 is 14.2. The van der Waals surface area contributed by atoms with Crippen LogP contribution in [-0.2, 0) is 0 Å². The molecule has 3 aliphatic rings. The van der Waals surface area contributed by atoms with E-state index in [2.05, 4.69) is 43.6 Å². The zero-order chi connectivity index (χ0) is 19.2. The molecule has 4 rings (SSSR count). The van der Waals surface area contributed by atoms with Gasteiger partial charge in [0.05, 0.1) is 0 Å². The van der Waals surface area contributed by atoms with Crippen LogP contribution in [0.2, 0.25) is 0 Å². The number of hydrogen-bond donors (Lipinski definition) is 0. The first-order valence-electron chi connectivity index (χ1n) is 10.7. The summed E-state index contributed by atoms with van der Waals surface area (Å²) in [6.45, 7) is 14.9. The van der Waals surface area contributed by atoms with E-state index in [-0.39, 0.29) is 29.1 Å². The van der Waals surface area contributed by atoms with Gasteiger partial charge in [0.2, 0.25) is 0 Å². The van der Waals surface area contributed by atoms with E-state index in [9.17, 15) is 4.39 Å². The number of allylic oxidation sites excluding steroid dienone is 2. The molecule has 0 aromatic heterocycles. The predicted octanol–water partition coefficient (Wildman–Crippen LogP) is 6.01. The van der Waals surface area contributed by atoms with Crippen molar-refractivity contribution in [2.75, 3.05) is 37.6 Å². The minimum Gasteiger partial charge on any atom is -0.368 e. The molecule has 0 bridgehead atoms. The molecule has 1 aliphatic heterocycles. The van der Waals surface area contributed by atoms with Gasteiger partial charge in [0, 0.05) is 44.0 Å². The van der Waals surface area contributed by atoms with Crippen LogP contribution in [-0.4, -0.2) is 37.6 Å². The molecule has 0 amide bonds. The topological polar surface area (TPSA) is 6.48 Å². The average molecular weight is 407 g/mol. The van der Waals surface area contributed by atoms with Gasteiger partial charge in [0.1, 0.15) is 5.82 Å². The molecule has 1 heterocycles. The zero-order valence-corrected chi connectivity index (χ0v) is 18.7. The summed E-state index contributed by atoms with van der Waals surface area (Å²) in [5, 5.41) is 0. The van der Waals surface area contributed by atoms with Crippen molar-refractivity contribution in [2.45, 2.75) is 53.4 Å². The lowest BCUT2D eigenvalue weighted by molar-refractivity contribution is 0.228. The molecule has 0 N–H and O–H groups in total. The summed E-state index contributed by atoms with van der Waals surface area (Å²) in [4.78, 5) is 5.09. The molecule has 1 saturated carbocycles. The summed E-state index contributed by atoms with van der Waals surface area (Å²) >= 11 is 0. The molecule has 0 spiro atoms. The second kappa shape index (κ2) is 7.99. The van der Waals surface area contributed by atoms with E-state index in [4.69, 9.17) is 0 Å². The van der Waals surface area contributed by atoms with Gasteiger partial charge in [-0.25, -0.2) is 4.39 Å². The number of hydrogen-bond acceptors (Lipinski definition) is 2. The highest BCUT2D eigenvalue weighted by atomic mass is 35.5. The Labute approximate surface area is 176 Å². The first kappa shape index (κ1) is 21.6. The van der Waals surface area contributed by atoms with Crippen LogP contribution in [0.25, 0.3) is 5.57 Å². The third-order valence-electron chi connectivity index (χ3n) is 6.40. The Bertz CT molecular complexity index is 728. The van der Waals surface area contributed by atoms with Crippen LogP contribution in [0, 0.1) is 22.6 Å². The molecule has 4 heteroatoms. The molecule has 1 aromatic rings. The first-order valence-corrected chi connectivity index (χ1v) is 10.7. The Kier molecular flexibility index (Phi) is 6.18. The highest BCUT2D eigenvalue weighted by molar-refractivity contribution is 5.85. The maximum absolute atomic E-state index is 14.2. The van der Waals surface area contributed by atoms with Crippen LogP contribution < -0.4 is 4.90 Å².